The van der Waals surface area contributed by atoms with Gasteiger partial charge in [-0.05, 0) is 37.3 Å². The van der Waals surface area contributed by atoms with Gasteiger partial charge in [0.25, 0.3) is 5.91 Å². The number of carbonyl (C=O) groups is 1. The first-order valence-corrected chi connectivity index (χ1v) is 7.87. The van der Waals surface area contributed by atoms with Crippen molar-refractivity contribution < 1.29 is 4.79 Å². The van der Waals surface area contributed by atoms with Gasteiger partial charge in [0.05, 0.1) is 0 Å². The van der Waals surface area contributed by atoms with E-state index in [0.29, 0.717) is 0 Å². The number of anilines is 1. The molecule has 0 saturated heterocycles. The van der Waals surface area contributed by atoms with E-state index in [-0.39, 0.29) is 11.7 Å². The van der Waals surface area contributed by atoms with E-state index in [1.54, 1.807) is 18.5 Å². The van der Waals surface area contributed by atoms with E-state index in [1.807, 2.05) is 30.3 Å². The molecule has 0 aliphatic rings. The molecule has 5 heteroatoms. The molecule has 2 aromatic carbocycles. The lowest BCUT2D eigenvalue weighted by Gasteiger charge is -2.06. The number of hydrogen-bond donors (Lipinski definition) is 1. The number of hydrogen-bond acceptors (Lipinski definition) is 3. The molecule has 1 amide bonds. The maximum Gasteiger partial charge on any atom is 0.293 e. The summed E-state index contributed by atoms with van der Waals surface area (Å²) >= 11 is 0. The summed E-state index contributed by atoms with van der Waals surface area (Å²) in [6.07, 6.45) is 3.11. The minimum absolute atomic E-state index is 0.161. The summed E-state index contributed by atoms with van der Waals surface area (Å²) in [5.74, 6) is -0.150. The number of para-hydroxylation sites is 1. The van der Waals surface area contributed by atoms with Crippen LogP contribution in [0.2, 0.25) is 0 Å². The molecule has 2 aromatic heterocycles. The molecule has 4 aromatic rings. The predicted octanol–water partition coefficient (Wildman–Crippen LogP) is 3.86. The Hall–Kier alpha value is -3.21. The number of aromatic nitrogens is 3. The van der Waals surface area contributed by atoms with Crippen LogP contribution in [0.25, 0.3) is 21.8 Å². The number of carbonyl (C=O) groups excluding carboxylic acids is 1. The number of benzene rings is 2. The Bertz CT molecular complexity index is 1040. The van der Waals surface area contributed by atoms with Crippen molar-refractivity contribution in [3.8, 4) is 0 Å². The molecule has 0 fully saturated rings. The molecular formula is C19H16N4O. The fraction of sp³-hybridized carbons (Fsp3) is 0.105. The highest BCUT2D eigenvalue weighted by molar-refractivity contribution is 6.10. The molecule has 1 N–H and O–H groups in total. The van der Waals surface area contributed by atoms with Crippen molar-refractivity contribution in [2.24, 2.45) is 0 Å². The molecule has 0 bridgehead atoms. The molecule has 0 spiro atoms. The smallest absolute Gasteiger partial charge is 0.293 e. The number of rotatable bonds is 3. The Labute approximate surface area is 139 Å². The Morgan fingerprint density at radius 1 is 1.00 bits per heavy atom. The van der Waals surface area contributed by atoms with Gasteiger partial charge in [-0.25, -0.2) is 9.97 Å². The molecule has 0 radical (unpaired) electrons. The molecule has 118 valence electrons. The van der Waals surface area contributed by atoms with Crippen molar-refractivity contribution in [2.45, 2.75) is 13.5 Å². The van der Waals surface area contributed by atoms with E-state index in [9.17, 15) is 4.79 Å². The number of amides is 1. The molecule has 4 rings (SSSR count). The van der Waals surface area contributed by atoms with Gasteiger partial charge in [-0.15, -0.1) is 0 Å². The standard InChI is InChI=1S/C19H16N4O/c1-2-23-16-7-4-3-6-14(16)15-12-13(8-9-17(15)23)22-19(24)18-20-10-5-11-21-18/h3-12H,2H2,1H3,(H,22,24). The molecule has 0 aliphatic carbocycles. The summed E-state index contributed by atoms with van der Waals surface area (Å²) in [5, 5.41) is 5.18. The van der Waals surface area contributed by atoms with Crippen LogP contribution in [0.5, 0.6) is 0 Å². The molecular weight excluding hydrogens is 300 g/mol. The fourth-order valence-corrected chi connectivity index (χ4v) is 3.08. The van der Waals surface area contributed by atoms with Crippen LogP contribution >= 0.6 is 0 Å². The molecule has 0 aliphatic heterocycles. The van der Waals surface area contributed by atoms with Crippen LogP contribution in [0.4, 0.5) is 5.69 Å². The van der Waals surface area contributed by atoms with Gasteiger partial charge in [0.2, 0.25) is 5.82 Å². The molecule has 24 heavy (non-hydrogen) atoms. The van der Waals surface area contributed by atoms with Crippen molar-refractivity contribution in [2.75, 3.05) is 5.32 Å². The van der Waals surface area contributed by atoms with Gasteiger partial charge >= 0.3 is 0 Å². The second-order valence-corrected chi connectivity index (χ2v) is 5.52. The minimum Gasteiger partial charge on any atom is -0.341 e. The van der Waals surface area contributed by atoms with Crippen LogP contribution in [0.3, 0.4) is 0 Å². The van der Waals surface area contributed by atoms with Crippen LogP contribution in [0.15, 0.2) is 60.9 Å². The quantitative estimate of drug-likeness (QED) is 0.624. The average molecular weight is 316 g/mol. The summed E-state index contributed by atoms with van der Waals surface area (Å²) in [4.78, 5) is 20.2. The summed E-state index contributed by atoms with van der Waals surface area (Å²) in [6.45, 7) is 3.03. The van der Waals surface area contributed by atoms with E-state index in [2.05, 4.69) is 38.9 Å². The first-order valence-electron chi connectivity index (χ1n) is 7.87. The van der Waals surface area contributed by atoms with Gasteiger partial charge in [-0.2, -0.15) is 0 Å². The largest absolute Gasteiger partial charge is 0.341 e. The topological polar surface area (TPSA) is 59.8 Å². The first-order chi connectivity index (χ1) is 11.8. The monoisotopic (exact) mass is 316 g/mol. The third kappa shape index (κ3) is 2.31. The number of fused-ring (bicyclic) bond motifs is 3. The minimum atomic E-state index is -0.311. The third-order valence-electron chi connectivity index (χ3n) is 4.12. The lowest BCUT2D eigenvalue weighted by atomic mass is 10.1. The van der Waals surface area contributed by atoms with Gasteiger partial charge < -0.3 is 9.88 Å². The highest BCUT2D eigenvalue weighted by Crippen LogP contribution is 2.30. The summed E-state index contributed by atoms with van der Waals surface area (Å²) in [7, 11) is 0. The number of aryl methyl sites for hydroxylation is 1. The average Bonchev–Trinajstić information content (AvgIpc) is 2.95. The highest BCUT2D eigenvalue weighted by Gasteiger charge is 2.12. The molecule has 0 saturated carbocycles. The zero-order chi connectivity index (χ0) is 16.5. The molecule has 2 heterocycles. The van der Waals surface area contributed by atoms with Gasteiger partial charge in [0.1, 0.15) is 0 Å². The van der Waals surface area contributed by atoms with Gasteiger partial charge in [0.15, 0.2) is 0 Å². The van der Waals surface area contributed by atoms with Crippen molar-refractivity contribution in [1.29, 1.82) is 0 Å². The van der Waals surface area contributed by atoms with E-state index in [1.165, 1.54) is 10.9 Å². The van der Waals surface area contributed by atoms with Gasteiger partial charge in [0, 0.05) is 46.4 Å². The fourth-order valence-electron chi connectivity index (χ4n) is 3.08. The summed E-state index contributed by atoms with van der Waals surface area (Å²) < 4.78 is 2.27. The molecule has 0 atom stereocenters. The lowest BCUT2D eigenvalue weighted by Crippen LogP contribution is -2.15. The Balaban J connectivity index is 1.78. The third-order valence-corrected chi connectivity index (χ3v) is 4.12. The summed E-state index contributed by atoms with van der Waals surface area (Å²) in [5.41, 5.74) is 3.09. The van der Waals surface area contributed by atoms with Crippen LogP contribution in [-0.4, -0.2) is 20.4 Å². The molecule has 0 unspecified atom stereocenters. The normalized spacial score (nSPS) is 11.0. The van der Waals surface area contributed by atoms with Crippen molar-refractivity contribution in [1.82, 2.24) is 14.5 Å². The Morgan fingerprint density at radius 3 is 2.54 bits per heavy atom. The van der Waals surface area contributed by atoms with E-state index >= 15 is 0 Å². The summed E-state index contributed by atoms with van der Waals surface area (Å²) in [6, 6.07) is 15.9. The zero-order valence-electron chi connectivity index (χ0n) is 13.2. The maximum absolute atomic E-state index is 12.2. The number of nitrogens with one attached hydrogen (secondary N) is 1. The van der Waals surface area contributed by atoms with Crippen molar-refractivity contribution in [3.05, 3.63) is 66.7 Å². The first kappa shape index (κ1) is 14.4. The van der Waals surface area contributed by atoms with Crippen molar-refractivity contribution >= 4 is 33.4 Å². The lowest BCUT2D eigenvalue weighted by molar-refractivity contribution is 0.101. The van der Waals surface area contributed by atoms with Crippen molar-refractivity contribution in [3.63, 3.8) is 0 Å². The van der Waals surface area contributed by atoms with Crippen LogP contribution in [-0.2, 0) is 6.54 Å². The second-order valence-electron chi connectivity index (χ2n) is 5.52. The highest BCUT2D eigenvalue weighted by atomic mass is 16.2. The predicted molar refractivity (Wildman–Crippen MR) is 95.1 cm³/mol. The van der Waals surface area contributed by atoms with E-state index in [0.717, 1.165) is 23.1 Å². The van der Waals surface area contributed by atoms with E-state index in [4.69, 9.17) is 0 Å². The Kier molecular flexibility index (Phi) is 3.46. The van der Waals surface area contributed by atoms with Crippen LogP contribution in [0.1, 0.15) is 17.5 Å². The second kappa shape index (κ2) is 5.77. The van der Waals surface area contributed by atoms with Crippen LogP contribution < -0.4 is 5.32 Å². The maximum atomic E-state index is 12.2. The Morgan fingerprint density at radius 2 is 1.75 bits per heavy atom. The van der Waals surface area contributed by atoms with Crippen LogP contribution in [0, 0.1) is 0 Å². The van der Waals surface area contributed by atoms with Gasteiger partial charge in [-0.1, -0.05) is 18.2 Å². The van der Waals surface area contributed by atoms with Gasteiger partial charge in [-0.3, -0.25) is 4.79 Å². The van der Waals surface area contributed by atoms with E-state index < -0.39 is 0 Å². The SMILES string of the molecule is CCn1c2ccccc2c2cc(NC(=O)c3ncccn3)ccc21. The zero-order valence-corrected chi connectivity index (χ0v) is 13.2. The molecule has 5 nitrogen and oxygen atoms in total. The number of nitrogens with zero attached hydrogens (tertiary/aromatic N) is 3.